The fourth-order valence-corrected chi connectivity index (χ4v) is 7.84. The summed E-state index contributed by atoms with van der Waals surface area (Å²) in [6.07, 6.45) is 0. The maximum absolute atomic E-state index is 2.40. The summed E-state index contributed by atoms with van der Waals surface area (Å²) in [5, 5.41) is 7.78. The summed E-state index contributed by atoms with van der Waals surface area (Å²) in [6.45, 7) is 0. The van der Waals surface area contributed by atoms with Gasteiger partial charge < -0.3 is 4.57 Å². The second kappa shape index (κ2) is 9.29. The van der Waals surface area contributed by atoms with E-state index in [1.54, 1.807) is 0 Å². The normalized spacial score (nSPS) is 12.0. The van der Waals surface area contributed by atoms with Gasteiger partial charge in [-0.15, -0.1) is 0 Å². The molecule has 9 aromatic rings. The molecule has 208 valence electrons. The lowest BCUT2D eigenvalue weighted by atomic mass is 9.89. The van der Waals surface area contributed by atoms with E-state index in [2.05, 4.69) is 168 Å². The third kappa shape index (κ3) is 3.44. The smallest absolute Gasteiger partial charge is 0.0547 e. The van der Waals surface area contributed by atoms with Gasteiger partial charge in [0, 0.05) is 16.5 Å². The molecule has 8 aromatic carbocycles. The molecule has 1 aliphatic carbocycles. The largest absolute Gasteiger partial charge is 0.309 e. The van der Waals surface area contributed by atoms with Crippen LogP contribution < -0.4 is 0 Å². The van der Waals surface area contributed by atoms with Gasteiger partial charge in [-0.2, -0.15) is 0 Å². The Morgan fingerprint density at radius 1 is 0.311 bits per heavy atom. The standard InChI is InChI=1S/C44H27N/c1-2-13-30(14-3-1)45-41-21-7-6-17-39(41)44-37(20-10-22-42(44)45)34-26-25-31(32-15-4-5-16-33(32)34)29-23-24-35-36-18-8-11-28-12-9-19-38(43(28)36)40(35)27-29/h1-27H. The third-order valence-corrected chi connectivity index (χ3v) is 9.74. The molecule has 0 amide bonds. The van der Waals surface area contributed by atoms with E-state index in [1.165, 1.54) is 93.5 Å². The van der Waals surface area contributed by atoms with Crippen molar-refractivity contribution >= 4 is 43.4 Å². The lowest BCUT2D eigenvalue weighted by Gasteiger charge is -2.14. The van der Waals surface area contributed by atoms with Crippen LogP contribution in [0.3, 0.4) is 0 Å². The van der Waals surface area contributed by atoms with E-state index in [4.69, 9.17) is 0 Å². The van der Waals surface area contributed by atoms with Crippen LogP contribution >= 0.6 is 0 Å². The van der Waals surface area contributed by atoms with Crippen LogP contribution in [0.1, 0.15) is 0 Å². The molecule has 1 heteroatoms. The molecule has 0 spiro atoms. The van der Waals surface area contributed by atoms with Crippen molar-refractivity contribution in [1.29, 1.82) is 0 Å². The third-order valence-electron chi connectivity index (χ3n) is 9.74. The first-order valence-electron chi connectivity index (χ1n) is 15.6. The first-order valence-corrected chi connectivity index (χ1v) is 15.6. The first-order chi connectivity index (χ1) is 22.3. The fraction of sp³-hybridized carbons (Fsp3) is 0. The zero-order valence-electron chi connectivity index (χ0n) is 24.5. The summed E-state index contributed by atoms with van der Waals surface area (Å²) in [7, 11) is 0. The van der Waals surface area contributed by atoms with Gasteiger partial charge in [-0.25, -0.2) is 0 Å². The quantitative estimate of drug-likeness (QED) is 0.199. The summed E-state index contributed by atoms with van der Waals surface area (Å²) < 4.78 is 2.40. The number of rotatable bonds is 3. The number of para-hydroxylation sites is 2. The predicted octanol–water partition coefficient (Wildman–Crippen LogP) is 12.1. The van der Waals surface area contributed by atoms with Crippen LogP contribution in [-0.2, 0) is 0 Å². The highest BCUT2D eigenvalue weighted by atomic mass is 15.0. The topological polar surface area (TPSA) is 4.93 Å². The Kier molecular flexibility index (Phi) is 5.06. The molecule has 0 atom stereocenters. The van der Waals surface area contributed by atoms with E-state index in [-0.39, 0.29) is 0 Å². The van der Waals surface area contributed by atoms with E-state index in [1.807, 2.05) is 0 Å². The Balaban J connectivity index is 1.20. The van der Waals surface area contributed by atoms with Crippen LogP contribution in [0.2, 0.25) is 0 Å². The molecule has 10 rings (SSSR count). The molecule has 0 aliphatic heterocycles. The molecule has 1 nitrogen and oxygen atoms in total. The van der Waals surface area contributed by atoms with Crippen molar-refractivity contribution in [2.45, 2.75) is 0 Å². The number of hydrogen-bond donors (Lipinski definition) is 0. The Morgan fingerprint density at radius 2 is 0.889 bits per heavy atom. The summed E-state index contributed by atoms with van der Waals surface area (Å²) in [5.41, 5.74) is 14.0. The molecule has 1 aromatic heterocycles. The molecule has 45 heavy (non-hydrogen) atoms. The Bertz CT molecular complexity index is 2630. The van der Waals surface area contributed by atoms with Gasteiger partial charge in [-0.1, -0.05) is 133 Å². The van der Waals surface area contributed by atoms with Gasteiger partial charge in [-0.05, 0) is 96.4 Å². The minimum atomic E-state index is 1.18. The SMILES string of the molecule is c1ccc(-n2c3ccccc3c3c(-c4ccc(-c5ccc6c(c5)-c5cccc7cccc-6c57)c5ccccc45)cccc32)cc1. The van der Waals surface area contributed by atoms with Gasteiger partial charge in [0.05, 0.1) is 11.0 Å². The highest BCUT2D eigenvalue weighted by molar-refractivity contribution is 6.19. The van der Waals surface area contributed by atoms with E-state index < -0.39 is 0 Å². The highest BCUT2D eigenvalue weighted by Gasteiger charge is 2.22. The molecule has 1 aliphatic rings. The number of hydrogen-bond acceptors (Lipinski definition) is 0. The lowest BCUT2D eigenvalue weighted by Crippen LogP contribution is -1.93. The average molecular weight is 570 g/mol. The summed E-state index contributed by atoms with van der Waals surface area (Å²) in [6, 6.07) is 60.2. The molecule has 0 saturated carbocycles. The molecular weight excluding hydrogens is 542 g/mol. The van der Waals surface area contributed by atoms with Crippen molar-refractivity contribution in [1.82, 2.24) is 4.57 Å². The van der Waals surface area contributed by atoms with Crippen molar-refractivity contribution in [3.63, 3.8) is 0 Å². The lowest BCUT2D eigenvalue weighted by molar-refractivity contribution is 1.18. The van der Waals surface area contributed by atoms with E-state index in [9.17, 15) is 0 Å². The van der Waals surface area contributed by atoms with Crippen LogP contribution in [0.4, 0.5) is 0 Å². The van der Waals surface area contributed by atoms with Crippen LogP contribution in [0.25, 0.3) is 93.5 Å². The molecule has 0 radical (unpaired) electrons. The number of benzene rings is 8. The van der Waals surface area contributed by atoms with Crippen LogP contribution in [-0.4, -0.2) is 4.57 Å². The molecule has 0 saturated heterocycles. The number of nitrogens with zero attached hydrogens (tertiary/aromatic N) is 1. The second-order valence-corrected chi connectivity index (χ2v) is 12.1. The van der Waals surface area contributed by atoms with Gasteiger partial charge in [0.25, 0.3) is 0 Å². The van der Waals surface area contributed by atoms with E-state index >= 15 is 0 Å². The molecule has 0 N–H and O–H groups in total. The molecule has 0 unspecified atom stereocenters. The monoisotopic (exact) mass is 569 g/mol. The van der Waals surface area contributed by atoms with Crippen LogP contribution in [0.15, 0.2) is 164 Å². The minimum Gasteiger partial charge on any atom is -0.309 e. The van der Waals surface area contributed by atoms with Crippen LogP contribution in [0.5, 0.6) is 0 Å². The predicted molar refractivity (Wildman–Crippen MR) is 191 cm³/mol. The maximum atomic E-state index is 2.40. The van der Waals surface area contributed by atoms with Crippen molar-refractivity contribution < 1.29 is 0 Å². The maximum Gasteiger partial charge on any atom is 0.0547 e. The zero-order chi connectivity index (χ0) is 29.5. The molecular formula is C44H27N. The summed E-state index contributed by atoms with van der Waals surface area (Å²) in [5.74, 6) is 0. The molecule has 1 heterocycles. The van der Waals surface area contributed by atoms with E-state index in [0.717, 1.165) is 0 Å². The first kappa shape index (κ1) is 24.5. The fourth-order valence-electron chi connectivity index (χ4n) is 7.84. The summed E-state index contributed by atoms with van der Waals surface area (Å²) >= 11 is 0. The van der Waals surface area contributed by atoms with Gasteiger partial charge in [0.2, 0.25) is 0 Å². The van der Waals surface area contributed by atoms with Crippen molar-refractivity contribution in [3.05, 3.63) is 164 Å². The molecule has 0 bridgehead atoms. The van der Waals surface area contributed by atoms with Gasteiger partial charge in [0.15, 0.2) is 0 Å². The van der Waals surface area contributed by atoms with Crippen molar-refractivity contribution in [3.8, 4) is 50.2 Å². The average Bonchev–Trinajstić information content (AvgIpc) is 3.62. The van der Waals surface area contributed by atoms with Crippen LogP contribution in [0, 0.1) is 0 Å². The zero-order valence-corrected chi connectivity index (χ0v) is 24.5. The van der Waals surface area contributed by atoms with Crippen molar-refractivity contribution in [2.24, 2.45) is 0 Å². The van der Waals surface area contributed by atoms with Gasteiger partial charge >= 0.3 is 0 Å². The van der Waals surface area contributed by atoms with E-state index in [0.29, 0.717) is 0 Å². The Labute approximate surface area is 261 Å². The minimum absolute atomic E-state index is 1.18. The second-order valence-electron chi connectivity index (χ2n) is 12.1. The summed E-state index contributed by atoms with van der Waals surface area (Å²) in [4.78, 5) is 0. The van der Waals surface area contributed by atoms with Gasteiger partial charge in [0.1, 0.15) is 0 Å². The molecule has 0 fully saturated rings. The van der Waals surface area contributed by atoms with Crippen molar-refractivity contribution in [2.75, 3.05) is 0 Å². The Hall–Kier alpha value is -5.92. The highest BCUT2D eigenvalue weighted by Crippen LogP contribution is 2.49. The number of fused-ring (bicyclic) bond motifs is 7. The van der Waals surface area contributed by atoms with Gasteiger partial charge in [-0.3, -0.25) is 0 Å². The Morgan fingerprint density at radius 3 is 1.69 bits per heavy atom. The number of aromatic nitrogens is 1.